The average Bonchev–Trinajstić information content (AvgIpc) is 2.66. The van der Waals surface area contributed by atoms with Gasteiger partial charge in [-0.25, -0.2) is 0 Å². The van der Waals surface area contributed by atoms with Gasteiger partial charge in [0.05, 0.1) is 12.1 Å². The van der Waals surface area contributed by atoms with E-state index in [9.17, 15) is 9.90 Å². The summed E-state index contributed by atoms with van der Waals surface area (Å²) in [6.45, 7) is 11.4. The minimum Gasteiger partial charge on any atom is -0.388 e. The number of likely N-dealkylation sites (tertiary alicyclic amines) is 1. The van der Waals surface area contributed by atoms with E-state index in [0.717, 1.165) is 90.0 Å². The van der Waals surface area contributed by atoms with Crippen molar-refractivity contribution in [3.63, 3.8) is 0 Å². The van der Waals surface area contributed by atoms with Crippen molar-refractivity contribution < 1.29 is 9.90 Å². The normalized spacial score (nSPS) is 16.3. The van der Waals surface area contributed by atoms with Gasteiger partial charge in [-0.15, -0.1) is 24.0 Å². The third-order valence-electron chi connectivity index (χ3n) is 5.49. The highest BCUT2D eigenvalue weighted by atomic mass is 127. The molecule has 1 saturated heterocycles. The van der Waals surface area contributed by atoms with Crippen molar-refractivity contribution in [2.24, 2.45) is 16.6 Å². The van der Waals surface area contributed by atoms with E-state index < -0.39 is 5.60 Å². The van der Waals surface area contributed by atoms with Crippen molar-refractivity contribution in [3.05, 3.63) is 0 Å². The molecule has 172 valence electrons. The van der Waals surface area contributed by atoms with E-state index in [2.05, 4.69) is 41.3 Å². The van der Waals surface area contributed by atoms with Crippen molar-refractivity contribution in [1.29, 1.82) is 0 Å². The van der Waals surface area contributed by atoms with Crippen LogP contribution in [0.5, 0.6) is 0 Å². The highest BCUT2D eigenvalue weighted by Crippen LogP contribution is 2.20. The van der Waals surface area contributed by atoms with Gasteiger partial charge in [0.15, 0.2) is 5.96 Å². The fourth-order valence-electron chi connectivity index (χ4n) is 3.89. The predicted molar refractivity (Wildman–Crippen MR) is 132 cm³/mol. The van der Waals surface area contributed by atoms with Crippen LogP contribution in [0.3, 0.4) is 0 Å². The lowest BCUT2D eigenvalue weighted by molar-refractivity contribution is -0.123. The number of nitrogens with two attached hydrogens (primary N) is 1. The molecular formula is C21H44IN5O2. The molecule has 0 aromatic rings. The van der Waals surface area contributed by atoms with Gasteiger partial charge in [-0.2, -0.15) is 0 Å². The summed E-state index contributed by atoms with van der Waals surface area (Å²) in [4.78, 5) is 18.3. The van der Waals surface area contributed by atoms with Gasteiger partial charge in [0.25, 0.3) is 0 Å². The first-order valence-electron chi connectivity index (χ1n) is 11.2. The Balaban J connectivity index is 0.00000784. The minimum atomic E-state index is -0.692. The van der Waals surface area contributed by atoms with E-state index in [0.29, 0.717) is 6.54 Å². The molecule has 1 rings (SSSR count). The van der Waals surface area contributed by atoms with Crippen LogP contribution in [0.25, 0.3) is 0 Å². The molecule has 0 spiro atoms. The molecule has 0 unspecified atom stereocenters. The van der Waals surface area contributed by atoms with Crippen molar-refractivity contribution in [2.75, 3.05) is 39.3 Å². The number of piperidine rings is 1. The molecule has 29 heavy (non-hydrogen) atoms. The van der Waals surface area contributed by atoms with E-state index in [1.54, 1.807) is 0 Å². The van der Waals surface area contributed by atoms with E-state index in [1.165, 1.54) is 0 Å². The smallest absolute Gasteiger partial charge is 0.220 e. The molecule has 1 amide bonds. The van der Waals surface area contributed by atoms with Crippen LogP contribution >= 0.6 is 24.0 Å². The summed E-state index contributed by atoms with van der Waals surface area (Å²) in [6, 6.07) is 0. The number of guanidine groups is 1. The Hall–Kier alpha value is -0.610. The predicted octanol–water partition coefficient (Wildman–Crippen LogP) is 2.47. The lowest BCUT2D eigenvalue weighted by Crippen LogP contribution is -2.41. The minimum absolute atomic E-state index is 0. The quantitative estimate of drug-likeness (QED) is 0.128. The topological polar surface area (TPSA) is 103 Å². The van der Waals surface area contributed by atoms with Crippen molar-refractivity contribution in [1.82, 2.24) is 15.5 Å². The number of rotatable bonds is 13. The van der Waals surface area contributed by atoms with Gasteiger partial charge in [-0.3, -0.25) is 9.79 Å². The van der Waals surface area contributed by atoms with Gasteiger partial charge in [0, 0.05) is 19.0 Å². The van der Waals surface area contributed by atoms with Gasteiger partial charge in [-0.1, -0.05) is 26.7 Å². The Morgan fingerprint density at radius 2 is 1.76 bits per heavy atom. The van der Waals surface area contributed by atoms with E-state index >= 15 is 0 Å². The molecule has 0 aromatic carbocycles. The molecule has 0 aliphatic carbocycles. The number of aliphatic imine (C=N–C) groups is 1. The van der Waals surface area contributed by atoms with Gasteiger partial charge in [0.1, 0.15) is 0 Å². The number of hydrogen-bond acceptors (Lipinski definition) is 4. The van der Waals surface area contributed by atoms with Crippen molar-refractivity contribution in [3.8, 4) is 0 Å². The van der Waals surface area contributed by atoms with Gasteiger partial charge in [-0.05, 0) is 65.1 Å². The molecule has 1 aliphatic heterocycles. The van der Waals surface area contributed by atoms with Crippen LogP contribution in [-0.2, 0) is 4.79 Å². The number of amides is 1. The molecule has 0 aromatic heterocycles. The summed E-state index contributed by atoms with van der Waals surface area (Å²) in [5.74, 6) is 0.704. The second-order valence-corrected chi connectivity index (χ2v) is 8.07. The monoisotopic (exact) mass is 525 g/mol. The maximum absolute atomic E-state index is 11.2. The van der Waals surface area contributed by atoms with Crippen LogP contribution in [0.1, 0.15) is 72.1 Å². The largest absolute Gasteiger partial charge is 0.388 e. The average molecular weight is 526 g/mol. The highest BCUT2D eigenvalue weighted by molar-refractivity contribution is 14.0. The molecule has 8 heteroatoms. The zero-order valence-electron chi connectivity index (χ0n) is 18.7. The number of primary amides is 1. The number of unbranched alkanes of at least 4 members (excludes halogenated alkanes) is 1. The lowest BCUT2D eigenvalue weighted by atomic mass is 9.93. The standard InChI is InChI=1S/C21H43N5O2.HI/c1-4-11-21(28,12-5-2)17-25-20(23-6-3)24-13-7-8-14-26-15-9-18(10-16-26)19(22)27;/h18,28H,4-17H2,1-3H3,(H2,22,27)(H2,23,24,25);1H. The van der Waals surface area contributed by atoms with E-state index in [-0.39, 0.29) is 35.8 Å². The Labute approximate surface area is 194 Å². The summed E-state index contributed by atoms with van der Waals surface area (Å²) in [5, 5.41) is 17.4. The zero-order chi connectivity index (χ0) is 20.8. The Morgan fingerprint density at radius 3 is 2.28 bits per heavy atom. The summed E-state index contributed by atoms with van der Waals surface area (Å²) < 4.78 is 0. The van der Waals surface area contributed by atoms with Crippen LogP contribution in [-0.4, -0.2) is 66.7 Å². The summed E-state index contributed by atoms with van der Waals surface area (Å²) in [7, 11) is 0. The number of carbonyl (C=O) groups excluding carboxylic acids is 1. The van der Waals surface area contributed by atoms with Gasteiger partial charge < -0.3 is 26.4 Å². The van der Waals surface area contributed by atoms with Gasteiger partial charge in [0.2, 0.25) is 5.91 Å². The molecule has 0 radical (unpaired) electrons. The van der Waals surface area contributed by atoms with Crippen LogP contribution in [0.15, 0.2) is 4.99 Å². The number of halogens is 1. The molecule has 0 atom stereocenters. The molecule has 1 heterocycles. The molecular weight excluding hydrogens is 481 g/mol. The number of nitrogens with one attached hydrogen (secondary N) is 2. The van der Waals surface area contributed by atoms with Gasteiger partial charge >= 0.3 is 0 Å². The molecule has 1 aliphatic rings. The van der Waals surface area contributed by atoms with Crippen molar-refractivity contribution >= 4 is 35.8 Å². The Morgan fingerprint density at radius 1 is 1.14 bits per heavy atom. The maximum atomic E-state index is 11.2. The summed E-state index contributed by atoms with van der Waals surface area (Å²) in [5.41, 5.74) is 4.70. The third-order valence-corrected chi connectivity index (χ3v) is 5.49. The Bertz CT molecular complexity index is 462. The first-order chi connectivity index (χ1) is 13.4. The van der Waals surface area contributed by atoms with Crippen molar-refractivity contribution in [2.45, 2.75) is 77.7 Å². The molecule has 7 nitrogen and oxygen atoms in total. The first kappa shape index (κ1) is 28.4. The third kappa shape index (κ3) is 12.0. The van der Waals surface area contributed by atoms with Crippen LogP contribution in [0.2, 0.25) is 0 Å². The fourth-order valence-corrected chi connectivity index (χ4v) is 3.89. The molecule has 5 N–H and O–H groups in total. The zero-order valence-corrected chi connectivity index (χ0v) is 21.0. The SMILES string of the molecule is CCCC(O)(CCC)CN=C(NCC)NCCCCN1CCC(C(N)=O)CC1.I. The van der Waals surface area contributed by atoms with E-state index in [1.807, 2.05) is 0 Å². The van der Waals surface area contributed by atoms with E-state index in [4.69, 9.17) is 5.73 Å². The highest BCUT2D eigenvalue weighted by Gasteiger charge is 2.24. The molecule has 1 fully saturated rings. The Kier molecular flexibility index (Phi) is 15.8. The lowest BCUT2D eigenvalue weighted by Gasteiger charge is -2.30. The second kappa shape index (κ2) is 16.1. The molecule has 0 saturated carbocycles. The number of nitrogens with zero attached hydrogens (tertiary/aromatic N) is 2. The first-order valence-corrected chi connectivity index (χ1v) is 11.2. The summed E-state index contributed by atoms with van der Waals surface area (Å²) in [6.07, 6.45) is 7.47. The summed E-state index contributed by atoms with van der Waals surface area (Å²) >= 11 is 0. The number of aliphatic hydroxyl groups is 1. The number of hydrogen-bond donors (Lipinski definition) is 4. The van der Waals surface area contributed by atoms with Crippen LogP contribution in [0.4, 0.5) is 0 Å². The van der Waals surface area contributed by atoms with Crippen LogP contribution in [0, 0.1) is 5.92 Å². The molecule has 0 bridgehead atoms. The maximum Gasteiger partial charge on any atom is 0.220 e. The number of carbonyl (C=O) groups is 1. The second-order valence-electron chi connectivity index (χ2n) is 8.07. The fraction of sp³-hybridized carbons (Fsp3) is 0.905. The van der Waals surface area contributed by atoms with Crippen LogP contribution < -0.4 is 16.4 Å².